The van der Waals surface area contributed by atoms with E-state index in [4.69, 9.17) is 9.47 Å². The Kier molecular flexibility index (Phi) is 25.3. The Morgan fingerprint density at radius 1 is 0.395 bits per heavy atom. The second-order valence-electron chi connectivity index (χ2n) is 12.6. The molecule has 0 aliphatic rings. The fraction of sp³-hybridized carbons (Fsp3) is 0.641. The first-order valence-electron chi connectivity index (χ1n) is 16.7. The zero-order chi connectivity index (χ0) is 32.3. The minimum absolute atomic E-state index is 0.128. The maximum atomic E-state index is 12.0. The van der Waals surface area contributed by atoms with E-state index in [1.165, 1.54) is 33.4 Å². The van der Waals surface area contributed by atoms with Gasteiger partial charge < -0.3 is 9.47 Å². The molecular formula is C39H64O4. The number of carbonyl (C=O) groups is 2. The second kappa shape index (κ2) is 27.0. The predicted octanol–water partition coefficient (Wildman–Crippen LogP) is 11.6. The first-order chi connectivity index (χ1) is 20.5. The van der Waals surface area contributed by atoms with Gasteiger partial charge in [0.25, 0.3) is 0 Å². The number of unbranched alkanes of at least 4 members (excludes halogenated alkanes) is 4. The van der Waals surface area contributed by atoms with Gasteiger partial charge in [-0.15, -0.1) is 0 Å². The van der Waals surface area contributed by atoms with Crippen molar-refractivity contribution in [3.8, 4) is 0 Å². The molecule has 0 aliphatic heterocycles. The Balaban J connectivity index is 3.82. The Labute approximate surface area is 265 Å². The fourth-order valence-electron chi connectivity index (χ4n) is 4.44. The van der Waals surface area contributed by atoms with Crippen LogP contribution in [0.25, 0.3) is 0 Å². The van der Waals surface area contributed by atoms with E-state index in [-0.39, 0.29) is 11.9 Å². The third-order valence-electron chi connectivity index (χ3n) is 7.36. The number of esters is 2. The number of ether oxygens (including phenoxy) is 2. The molecule has 0 spiro atoms. The first kappa shape index (κ1) is 40.4. The van der Waals surface area contributed by atoms with E-state index >= 15 is 0 Å². The van der Waals surface area contributed by atoms with Gasteiger partial charge in [-0.05, 0) is 132 Å². The van der Waals surface area contributed by atoms with Crippen molar-refractivity contribution in [1.29, 1.82) is 0 Å². The van der Waals surface area contributed by atoms with Crippen LogP contribution in [0.1, 0.15) is 152 Å². The lowest BCUT2D eigenvalue weighted by atomic mass is 10.1. The summed E-state index contributed by atoms with van der Waals surface area (Å²) in [6, 6.07) is 0. The summed E-state index contributed by atoms with van der Waals surface area (Å²) >= 11 is 0. The average molecular weight is 597 g/mol. The zero-order valence-electron chi connectivity index (χ0n) is 29.1. The van der Waals surface area contributed by atoms with Crippen LogP contribution < -0.4 is 0 Å². The summed E-state index contributed by atoms with van der Waals surface area (Å²) in [7, 11) is 0. The highest BCUT2D eigenvalue weighted by atomic mass is 16.5. The van der Waals surface area contributed by atoms with E-state index in [9.17, 15) is 9.59 Å². The van der Waals surface area contributed by atoms with Crippen molar-refractivity contribution < 1.29 is 19.1 Å². The monoisotopic (exact) mass is 596 g/mol. The summed E-state index contributed by atoms with van der Waals surface area (Å²) in [5, 5.41) is 0. The second-order valence-corrected chi connectivity index (χ2v) is 12.6. The van der Waals surface area contributed by atoms with Crippen LogP contribution in [0.15, 0.2) is 69.9 Å². The van der Waals surface area contributed by atoms with Crippen molar-refractivity contribution in [2.45, 2.75) is 152 Å². The molecule has 43 heavy (non-hydrogen) atoms. The minimum Gasteiger partial charge on any atom is -0.461 e. The maximum Gasteiger partial charge on any atom is 0.306 e. The third kappa shape index (κ3) is 29.2. The molecule has 0 saturated carbocycles. The van der Waals surface area contributed by atoms with E-state index in [0.717, 1.165) is 83.5 Å². The van der Waals surface area contributed by atoms with Crippen LogP contribution in [-0.4, -0.2) is 25.2 Å². The predicted molar refractivity (Wildman–Crippen MR) is 185 cm³/mol. The standard InChI is InChI=1S/C39H64O4/c1-32(2)18-14-20-34(5)22-16-24-36(7)28-30-42-38(40)26-12-10-9-11-13-27-39(41)43-31-29-37(8)25-17-23-35(6)21-15-19-33(3)4/h18-19,22-23,28-29H,9-17,20-21,24-27,30-31H2,1-8H3. The van der Waals surface area contributed by atoms with Crippen molar-refractivity contribution in [3.63, 3.8) is 0 Å². The van der Waals surface area contributed by atoms with Gasteiger partial charge in [-0.3, -0.25) is 9.59 Å². The maximum absolute atomic E-state index is 12.0. The topological polar surface area (TPSA) is 52.6 Å². The Hall–Kier alpha value is -2.62. The van der Waals surface area contributed by atoms with Crippen LogP contribution in [0.3, 0.4) is 0 Å². The third-order valence-corrected chi connectivity index (χ3v) is 7.36. The lowest BCUT2D eigenvalue weighted by Crippen LogP contribution is -2.05. The van der Waals surface area contributed by atoms with E-state index < -0.39 is 0 Å². The van der Waals surface area contributed by atoms with Crippen molar-refractivity contribution in [3.05, 3.63) is 69.9 Å². The molecule has 0 aromatic carbocycles. The summed E-state index contributed by atoms with van der Waals surface area (Å²) in [5.74, 6) is -0.256. The molecule has 4 heteroatoms. The van der Waals surface area contributed by atoms with Gasteiger partial charge in [-0.1, -0.05) is 77.0 Å². The van der Waals surface area contributed by atoms with Crippen LogP contribution >= 0.6 is 0 Å². The summed E-state index contributed by atoms with van der Waals surface area (Å²) in [6.45, 7) is 17.9. The molecule has 0 radical (unpaired) electrons. The smallest absolute Gasteiger partial charge is 0.306 e. The van der Waals surface area contributed by atoms with Gasteiger partial charge in [0, 0.05) is 12.8 Å². The summed E-state index contributed by atoms with van der Waals surface area (Å²) in [4.78, 5) is 24.0. The Morgan fingerprint density at radius 3 is 1.05 bits per heavy atom. The molecule has 0 atom stereocenters. The highest BCUT2D eigenvalue weighted by Gasteiger charge is 2.04. The molecule has 0 unspecified atom stereocenters. The van der Waals surface area contributed by atoms with Crippen LogP contribution in [-0.2, 0) is 19.1 Å². The van der Waals surface area contributed by atoms with Crippen molar-refractivity contribution >= 4 is 11.9 Å². The van der Waals surface area contributed by atoms with E-state index in [0.29, 0.717) is 26.1 Å². The minimum atomic E-state index is -0.128. The van der Waals surface area contributed by atoms with Gasteiger partial charge in [0.15, 0.2) is 0 Å². The Morgan fingerprint density at radius 2 is 0.698 bits per heavy atom. The SMILES string of the molecule is CC(C)=CCCC(C)=CCCC(C)=CCOC(=O)CCCCCCCC(=O)OCC=C(C)CCC=C(C)CCC=C(C)C. The van der Waals surface area contributed by atoms with Crippen LogP contribution in [0.2, 0.25) is 0 Å². The van der Waals surface area contributed by atoms with Gasteiger partial charge >= 0.3 is 11.9 Å². The molecule has 0 N–H and O–H groups in total. The number of hydrogen-bond donors (Lipinski definition) is 0. The van der Waals surface area contributed by atoms with Crippen molar-refractivity contribution in [2.24, 2.45) is 0 Å². The molecule has 0 aromatic heterocycles. The zero-order valence-corrected chi connectivity index (χ0v) is 29.1. The lowest BCUT2D eigenvalue weighted by Gasteiger charge is -2.05. The molecule has 0 aromatic rings. The molecule has 0 amide bonds. The van der Waals surface area contributed by atoms with Crippen LogP contribution in [0, 0.1) is 0 Å². The highest BCUT2D eigenvalue weighted by Crippen LogP contribution is 2.13. The van der Waals surface area contributed by atoms with E-state index in [1.54, 1.807) is 0 Å². The number of rotatable bonds is 24. The van der Waals surface area contributed by atoms with E-state index in [2.05, 4.69) is 79.7 Å². The largest absolute Gasteiger partial charge is 0.461 e. The van der Waals surface area contributed by atoms with Crippen molar-refractivity contribution in [2.75, 3.05) is 13.2 Å². The molecule has 4 nitrogen and oxygen atoms in total. The van der Waals surface area contributed by atoms with Gasteiger partial charge in [-0.2, -0.15) is 0 Å². The van der Waals surface area contributed by atoms with Gasteiger partial charge in [0.05, 0.1) is 0 Å². The molecule has 0 bridgehead atoms. The molecule has 0 rings (SSSR count). The molecule has 244 valence electrons. The lowest BCUT2D eigenvalue weighted by molar-refractivity contribution is -0.143. The highest BCUT2D eigenvalue weighted by molar-refractivity contribution is 5.69. The van der Waals surface area contributed by atoms with Crippen molar-refractivity contribution in [1.82, 2.24) is 0 Å². The molecule has 0 fully saturated rings. The number of carbonyl (C=O) groups excluding carboxylic acids is 2. The van der Waals surface area contributed by atoms with Crippen LogP contribution in [0.5, 0.6) is 0 Å². The van der Waals surface area contributed by atoms with E-state index in [1.807, 2.05) is 12.2 Å². The molecular weight excluding hydrogens is 532 g/mol. The van der Waals surface area contributed by atoms with Gasteiger partial charge in [0.2, 0.25) is 0 Å². The Bertz CT molecular complexity index is 885. The number of hydrogen-bond acceptors (Lipinski definition) is 4. The molecule has 0 saturated heterocycles. The van der Waals surface area contributed by atoms with Gasteiger partial charge in [0.1, 0.15) is 13.2 Å². The first-order valence-corrected chi connectivity index (χ1v) is 16.7. The average Bonchev–Trinajstić information content (AvgIpc) is 2.92. The van der Waals surface area contributed by atoms with Crippen LogP contribution in [0.4, 0.5) is 0 Å². The molecule has 0 heterocycles. The quantitative estimate of drug-likeness (QED) is 0.0632. The summed E-state index contributed by atoms with van der Waals surface area (Å²) in [5.41, 5.74) is 8.14. The fourth-order valence-corrected chi connectivity index (χ4v) is 4.44. The number of allylic oxidation sites excluding steroid dienone is 10. The normalized spacial score (nSPS) is 12.7. The van der Waals surface area contributed by atoms with Gasteiger partial charge in [-0.25, -0.2) is 0 Å². The molecule has 0 aliphatic carbocycles. The summed E-state index contributed by atoms with van der Waals surface area (Å²) < 4.78 is 10.7. The summed E-state index contributed by atoms with van der Waals surface area (Å²) in [6.07, 6.45) is 27.3.